The van der Waals surface area contributed by atoms with Crippen LogP contribution in [-0.4, -0.2) is 302 Å². The lowest BCUT2D eigenvalue weighted by Gasteiger charge is -2.12. The highest BCUT2D eigenvalue weighted by Crippen LogP contribution is 2.19. The van der Waals surface area contributed by atoms with Crippen molar-refractivity contribution in [2.45, 2.75) is 126 Å². The van der Waals surface area contributed by atoms with Crippen LogP contribution < -0.4 is 50.8 Å². The highest BCUT2D eigenvalue weighted by Gasteiger charge is 2.30. The second-order valence-electron chi connectivity index (χ2n) is 25.6. The van der Waals surface area contributed by atoms with Crippen molar-refractivity contribution in [3.05, 3.63) is 180 Å². The van der Waals surface area contributed by atoms with Crippen LogP contribution in [-0.2, 0) is 126 Å². The van der Waals surface area contributed by atoms with Gasteiger partial charge in [0.2, 0.25) is 0 Å². The fourth-order valence-corrected chi connectivity index (χ4v) is 8.99. The maximum atomic E-state index is 11.7. The number of unbranched alkanes of at least 4 members (excludes halogenated alkanes) is 1. The monoisotopic (exact) mass is 2000 g/mol. The van der Waals surface area contributed by atoms with Crippen LogP contribution in [0.25, 0.3) is 0 Å². The lowest BCUT2D eigenvalue weighted by molar-refractivity contribution is -0.758. The normalized spacial score (nSPS) is 11.2. The first-order valence-electron chi connectivity index (χ1n) is 38.3. The predicted molar refractivity (Wildman–Crippen MR) is 435 cm³/mol. The van der Waals surface area contributed by atoms with Gasteiger partial charge in [0.1, 0.15) is 85.7 Å². The number of carboxylic acid groups (broad SMARTS) is 12. The molecule has 0 aliphatic heterocycles. The summed E-state index contributed by atoms with van der Waals surface area (Å²) in [6, 6.07) is 14.6. The van der Waals surface area contributed by atoms with Crippen molar-refractivity contribution >= 4 is 108 Å². The van der Waals surface area contributed by atoms with Gasteiger partial charge in [0, 0.05) is 0 Å². The molecule has 4 rings (SSSR count). The molecule has 4 aromatic rings. The van der Waals surface area contributed by atoms with Gasteiger partial charge in [0.25, 0.3) is 30.5 Å². The molecule has 6 atom stereocenters. The van der Waals surface area contributed by atoms with E-state index in [0.717, 1.165) is 11.1 Å². The van der Waals surface area contributed by atoms with Gasteiger partial charge in [-0.1, -0.05) is 48.5 Å². The van der Waals surface area contributed by atoms with E-state index in [9.17, 15) is 147 Å². The summed E-state index contributed by atoms with van der Waals surface area (Å²) in [5.74, 6) is -16.9. The SMILES string of the molecule is O=C(O)CC(NC(=O)OCCCCO[N+](=O)[O-])C(=O)O.O=C(O)CC(NC(=O)OCCOCCO[N+](=O)[O-])C(=O)O.O=C(O)CC(NC(=O)Oc1ccc(CCCO[N+](=O)[O-])cc1)C(=O)O.O=C(O)CC(NC(=O)Oc1ccc(CCO[N+](=O)[O-])cc1)C(=O)O.O=C(O)CC(NC(=O)Oc1cccc(CCCO[N+](=O)[O-])c1)C(=O)O.O=C(O)CC(NC(=O)Oc1cccc(CCO[N+](=O)[O-])c1)C(=O)O. The Bertz CT molecular complexity index is 4770. The average molecular weight is 2000 g/mol. The van der Waals surface area contributed by atoms with Crippen LogP contribution in [0.15, 0.2) is 97.1 Å². The molecule has 6 unspecified atom stereocenters. The second-order valence-corrected chi connectivity index (χ2v) is 25.6. The molecule has 0 radical (unpaired) electrons. The van der Waals surface area contributed by atoms with Crippen molar-refractivity contribution in [2.75, 3.05) is 66.1 Å². The molecule has 0 spiro atoms. The Kier molecular flexibility index (Phi) is 61.7. The van der Waals surface area contributed by atoms with Crippen LogP contribution in [0.4, 0.5) is 28.8 Å². The van der Waals surface area contributed by atoms with Gasteiger partial charge < -0.3 is 155 Å². The lowest BCUT2D eigenvalue weighted by atomic mass is 10.1. The van der Waals surface area contributed by atoms with Gasteiger partial charge in [-0.3, -0.25) is 28.8 Å². The minimum Gasteiger partial charge on any atom is -0.481 e. The first-order chi connectivity index (χ1) is 65.2. The highest BCUT2D eigenvalue weighted by molar-refractivity contribution is 5.89. The molecular weight excluding hydrogens is 1910 g/mol. The Morgan fingerprint density at radius 1 is 0.245 bits per heavy atom. The molecule has 18 N–H and O–H groups in total. The van der Waals surface area contributed by atoms with Crippen LogP contribution in [0.5, 0.6) is 23.0 Å². The molecule has 6 amide bonds. The van der Waals surface area contributed by atoms with Crippen molar-refractivity contribution in [1.29, 1.82) is 0 Å². The lowest BCUT2D eigenvalue weighted by Crippen LogP contribution is -2.43. The number of carboxylic acids is 12. The third-order valence-corrected chi connectivity index (χ3v) is 14.9. The molecule has 0 saturated carbocycles. The molecule has 766 valence electrons. The van der Waals surface area contributed by atoms with E-state index in [2.05, 4.69) is 38.5 Å². The molecule has 4 aromatic carbocycles. The van der Waals surface area contributed by atoms with Gasteiger partial charge in [-0.05, 0) is 122 Å². The Morgan fingerprint density at radius 3 is 0.770 bits per heavy atom. The average Bonchev–Trinajstić information content (AvgIpc) is 0.894. The quantitative estimate of drug-likeness (QED) is 0.0167. The van der Waals surface area contributed by atoms with Crippen molar-refractivity contribution in [3.63, 3.8) is 0 Å². The van der Waals surface area contributed by atoms with Crippen molar-refractivity contribution in [2.24, 2.45) is 0 Å². The van der Waals surface area contributed by atoms with E-state index in [1.807, 2.05) is 31.9 Å². The summed E-state index contributed by atoms with van der Waals surface area (Å²) in [5, 5.41) is 169. The molecule has 0 aliphatic carbocycles. The van der Waals surface area contributed by atoms with E-state index < -0.39 is 213 Å². The number of nitrogens with one attached hydrogen (secondary N) is 6. The Hall–Kier alpha value is -18.7. The van der Waals surface area contributed by atoms with Crippen molar-refractivity contribution < 1.29 is 240 Å². The summed E-state index contributed by atoms with van der Waals surface area (Å²) < 4.78 is 33.4. The predicted octanol–water partition coefficient (Wildman–Crippen LogP) is 1.09. The number of aliphatic carboxylic acids is 12. The van der Waals surface area contributed by atoms with Crippen LogP contribution in [0, 0.1) is 60.7 Å². The summed E-state index contributed by atoms with van der Waals surface area (Å²) in [7, 11) is 0. The number of nitrogens with zero attached hydrogens (tertiary/aromatic N) is 6. The molecule has 0 aromatic heterocycles. The second kappa shape index (κ2) is 70.1. The summed E-state index contributed by atoms with van der Waals surface area (Å²) >= 11 is 0. The third kappa shape index (κ3) is 68.9. The zero-order chi connectivity index (χ0) is 106. The van der Waals surface area contributed by atoms with Crippen LogP contribution in [0.2, 0.25) is 0 Å². The number of carbonyl (C=O) groups excluding carboxylic acids is 6. The molecular formula is C72H88N12O55. The van der Waals surface area contributed by atoms with E-state index in [4.69, 9.17) is 85.0 Å². The molecule has 67 heteroatoms. The van der Waals surface area contributed by atoms with E-state index in [0.29, 0.717) is 36.8 Å². The number of carbonyl (C=O) groups is 18. The Labute approximate surface area is 773 Å². The zero-order valence-electron chi connectivity index (χ0n) is 71.3. The van der Waals surface area contributed by atoms with Crippen molar-refractivity contribution in [1.82, 2.24) is 31.9 Å². The first-order valence-corrected chi connectivity index (χ1v) is 38.3. The standard InChI is InChI=1S/2C14H16N2O9.2C13H14N2O9.C9H14N2O10.C9H14N2O9/c17-12(18)8-11(13(19)20)15-14(21)25-10-5-1-3-9(7-10)4-2-6-24-16(22)23;17-12(18)8-11(13(19)20)15-14(21)25-10-5-3-9(4-6-10)2-1-7-24-16(22)23;16-11(17)7-10(12(18)19)14-13(20)24-9-3-1-8(2-4-9)5-6-23-15(21)22;16-11(17)7-10(12(18)19)14-13(20)24-9-3-1-2-8(6-9)4-5-23-15(21)22;12-7(13)5-6(8(14)15)10-9(16)20-3-1-19-2-4-21-11(17)18;12-7(13)5-6(8(14)15)10-9(16)19-3-1-2-4-20-11(17)18/h1,3,5,7,11H,2,4,6,8H2,(H,15,21)(H,17,18)(H,19,20);3-6,11H,1-2,7-8H2,(H,15,21)(H,17,18)(H,19,20);1-4,10H,5-7H2,(H,14,20)(H,16,17)(H,18,19);1-3,6,10H,4-5,7H2,(H,14,20)(H,16,17)(H,18,19);6H,1-5H2,(H,10,16)(H,12,13)(H,14,15);6H,1-5H2,(H,10,16)(H,12,13)(H,14,15). The van der Waals surface area contributed by atoms with Crippen molar-refractivity contribution in [3.8, 4) is 23.0 Å². The summed E-state index contributed by atoms with van der Waals surface area (Å²) in [5.41, 5.74) is 2.83. The molecule has 67 nitrogen and oxygen atoms in total. The minimum atomic E-state index is -1.63. The fourth-order valence-electron chi connectivity index (χ4n) is 8.99. The number of aryl methyl sites for hydroxylation is 2. The number of ether oxygens (including phenoxy) is 7. The summed E-state index contributed by atoms with van der Waals surface area (Å²) in [6.07, 6.45) is -8.63. The largest absolute Gasteiger partial charge is 0.481 e. The fraction of sp³-hybridized carbons (Fsp3) is 0.417. The molecule has 0 aliphatic rings. The zero-order valence-corrected chi connectivity index (χ0v) is 71.3. The maximum Gasteiger partial charge on any atom is 0.413 e. The molecule has 0 heterocycles. The Morgan fingerprint density at radius 2 is 0.475 bits per heavy atom. The minimum absolute atomic E-state index is 0.0339. The number of amides is 6. The number of rotatable bonds is 59. The number of hydrogen-bond donors (Lipinski definition) is 18. The van der Waals surface area contributed by atoms with Crippen LogP contribution >= 0.6 is 0 Å². The van der Waals surface area contributed by atoms with Gasteiger partial charge >= 0.3 is 108 Å². The van der Waals surface area contributed by atoms with Gasteiger partial charge in [-0.25, -0.2) is 57.5 Å². The van der Waals surface area contributed by atoms with Gasteiger partial charge in [0.15, 0.2) is 0 Å². The third-order valence-electron chi connectivity index (χ3n) is 14.9. The number of alkyl carbamates (subject to hydrolysis) is 2. The molecule has 0 bridgehead atoms. The molecule has 0 fully saturated rings. The Balaban J connectivity index is 0. The highest BCUT2D eigenvalue weighted by atomic mass is 17.0. The van der Waals surface area contributed by atoms with Crippen LogP contribution in [0.3, 0.4) is 0 Å². The number of hydrogen-bond acceptors (Lipinski definition) is 43. The molecule has 139 heavy (non-hydrogen) atoms. The maximum absolute atomic E-state index is 11.7. The van der Waals surface area contributed by atoms with E-state index in [1.54, 1.807) is 30.3 Å². The topological polar surface area (TPSA) is 1000 Å². The van der Waals surface area contributed by atoms with Crippen LogP contribution in [0.1, 0.15) is 86.5 Å². The smallest absolute Gasteiger partial charge is 0.413 e. The first kappa shape index (κ1) is 122. The van der Waals surface area contributed by atoms with Gasteiger partial charge in [-0.15, -0.1) is 60.7 Å². The van der Waals surface area contributed by atoms with E-state index >= 15 is 0 Å². The van der Waals surface area contributed by atoms with Gasteiger partial charge in [-0.2, -0.15) is 0 Å². The number of benzene rings is 4. The molecule has 0 saturated heterocycles. The summed E-state index contributed by atoms with van der Waals surface area (Å²) in [4.78, 5) is 281. The van der Waals surface area contributed by atoms with E-state index in [-0.39, 0.29) is 115 Å². The summed E-state index contributed by atoms with van der Waals surface area (Å²) in [6.45, 7) is -1.37. The van der Waals surface area contributed by atoms with Gasteiger partial charge in [0.05, 0.1) is 78.2 Å². The van der Waals surface area contributed by atoms with E-state index in [1.165, 1.54) is 66.7 Å².